The summed E-state index contributed by atoms with van der Waals surface area (Å²) < 4.78 is 0. The first-order valence-corrected chi connectivity index (χ1v) is 9.25. The average Bonchev–Trinajstić information content (AvgIpc) is 2.34. The van der Waals surface area contributed by atoms with Crippen LogP contribution in [0.25, 0.3) is 0 Å². The second kappa shape index (κ2) is 8.71. The molecular formula is C14H29NS2. The standard InChI is InChI=1S/C14H29NS2/c1-5-7-15-12(10-11(3)4)14-13(6-2)16-8-9-17-14/h11-15H,5-10H2,1-4H3. The van der Waals surface area contributed by atoms with Crippen molar-refractivity contribution in [3.05, 3.63) is 0 Å². The summed E-state index contributed by atoms with van der Waals surface area (Å²) in [6.45, 7) is 10.5. The molecule has 0 aliphatic carbocycles. The van der Waals surface area contributed by atoms with Gasteiger partial charge in [-0.1, -0.05) is 27.7 Å². The van der Waals surface area contributed by atoms with E-state index in [1.165, 1.54) is 37.3 Å². The minimum Gasteiger partial charge on any atom is -0.313 e. The number of thioether (sulfide) groups is 2. The van der Waals surface area contributed by atoms with E-state index >= 15 is 0 Å². The van der Waals surface area contributed by atoms with Crippen molar-refractivity contribution < 1.29 is 0 Å². The molecule has 0 bridgehead atoms. The van der Waals surface area contributed by atoms with Crippen molar-refractivity contribution in [2.24, 2.45) is 5.92 Å². The Bertz CT molecular complexity index is 197. The molecule has 0 saturated carbocycles. The van der Waals surface area contributed by atoms with Crippen LogP contribution in [0.3, 0.4) is 0 Å². The van der Waals surface area contributed by atoms with Gasteiger partial charge in [0.2, 0.25) is 0 Å². The molecule has 1 aliphatic heterocycles. The van der Waals surface area contributed by atoms with Gasteiger partial charge in [0.25, 0.3) is 0 Å². The third-order valence-corrected chi connectivity index (χ3v) is 6.68. The Hall–Kier alpha value is 0.660. The lowest BCUT2D eigenvalue weighted by molar-refractivity contribution is 0.401. The van der Waals surface area contributed by atoms with Gasteiger partial charge in [0, 0.05) is 28.0 Å². The van der Waals surface area contributed by atoms with E-state index < -0.39 is 0 Å². The molecule has 1 heterocycles. The molecule has 0 aromatic heterocycles. The van der Waals surface area contributed by atoms with Crippen LogP contribution in [-0.4, -0.2) is 34.6 Å². The lowest BCUT2D eigenvalue weighted by atomic mass is 9.98. The van der Waals surface area contributed by atoms with Crippen LogP contribution >= 0.6 is 23.5 Å². The first-order valence-electron chi connectivity index (χ1n) is 7.15. The fourth-order valence-corrected chi connectivity index (χ4v) is 5.76. The normalized spacial score (nSPS) is 27.4. The van der Waals surface area contributed by atoms with E-state index in [-0.39, 0.29) is 0 Å². The van der Waals surface area contributed by atoms with Gasteiger partial charge in [-0.25, -0.2) is 0 Å². The van der Waals surface area contributed by atoms with Crippen LogP contribution in [0.15, 0.2) is 0 Å². The highest BCUT2D eigenvalue weighted by molar-refractivity contribution is 8.07. The van der Waals surface area contributed by atoms with Crippen molar-refractivity contribution in [2.45, 2.75) is 63.5 Å². The second-order valence-electron chi connectivity index (χ2n) is 5.34. The Morgan fingerprint density at radius 2 is 1.88 bits per heavy atom. The first kappa shape index (κ1) is 15.7. The number of nitrogens with one attached hydrogen (secondary N) is 1. The van der Waals surface area contributed by atoms with Crippen molar-refractivity contribution in [3.8, 4) is 0 Å². The topological polar surface area (TPSA) is 12.0 Å². The summed E-state index contributed by atoms with van der Waals surface area (Å²) in [5.74, 6) is 3.49. The molecular weight excluding hydrogens is 246 g/mol. The molecule has 17 heavy (non-hydrogen) atoms. The van der Waals surface area contributed by atoms with Crippen molar-refractivity contribution >= 4 is 23.5 Å². The molecule has 3 heteroatoms. The SMILES string of the molecule is CCCNC(CC(C)C)C1SCCSC1CC. The molecule has 1 fully saturated rings. The largest absolute Gasteiger partial charge is 0.313 e. The van der Waals surface area contributed by atoms with Crippen molar-refractivity contribution in [1.82, 2.24) is 5.32 Å². The van der Waals surface area contributed by atoms with Crippen LogP contribution in [0.1, 0.15) is 47.0 Å². The van der Waals surface area contributed by atoms with Crippen LogP contribution in [0.2, 0.25) is 0 Å². The predicted molar refractivity (Wildman–Crippen MR) is 84.3 cm³/mol. The fourth-order valence-electron chi connectivity index (χ4n) is 2.48. The average molecular weight is 276 g/mol. The second-order valence-corrected chi connectivity index (χ2v) is 7.98. The van der Waals surface area contributed by atoms with Crippen molar-refractivity contribution in [2.75, 3.05) is 18.1 Å². The highest BCUT2D eigenvalue weighted by Gasteiger charge is 2.31. The molecule has 3 atom stereocenters. The molecule has 1 saturated heterocycles. The lowest BCUT2D eigenvalue weighted by Gasteiger charge is -2.37. The van der Waals surface area contributed by atoms with Crippen LogP contribution in [0, 0.1) is 5.92 Å². The van der Waals surface area contributed by atoms with E-state index in [0.717, 1.165) is 22.5 Å². The highest BCUT2D eigenvalue weighted by atomic mass is 32.2. The quantitative estimate of drug-likeness (QED) is 0.753. The summed E-state index contributed by atoms with van der Waals surface area (Å²) in [7, 11) is 0. The summed E-state index contributed by atoms with van der Waals surface area (Å²) in [5, 5.41) is 5.49. The molecule has 0 amide bonds. The molecule has 0 radical (unpaired) electrons. The van der Waals surface area contributed by atoms with Gasteiger partial charge in [-0.15, -0.1) is 0 Å². The summed E-state index contributed by atoms with van der Waals surface area (Å²) in [6, 6.07) is 0.720. The Labute approximate surface area is 116 Å². The highest BCUT2D eigenvalue weighted by Crippen LogP contribution is 2.36. The zero-order valence-electron chi connectivity index (χ0n) is 11.9. The molecule has 0 aromatic carbocycles. The minimum atomic E-state index is 0.720. The maximum absolute atomic E-state index is 3.80. The minimum absolute atomic E-state index is 0.720. The molecule has 1 N–H and O–H groups in total. The number of rotatable bonds is 7. The van der Waals surface area contributed by atoms with E-state index in [2.05, 4.69) is 56.5 Å². The van der Waals surface area contributed by atoms with E-state index in [0.29, 0.717) is 0 Å². The maximum Gasteiger partial charge on any atom is 0.0320 e. The summed E-state index contributed by atoms with van der Waals surface area (Å²) in [5.41, 5.74) is 0. The zero-order valence-corrected chi connectivity index (χ0v) is 13.5. The number of hydrogen-bond donors (Lipinski definition) is 1. The summed E-state index contributed by atoms with van der Waals surface area (Å²) in [6.07, 6.45) is 3.90. The molecule has 1 rings (SSSR count). The molecule has 0 spiro atoms. The summed E-state index contributed by atoms with van der Waals surface area (Å²) in [4.78, 5) is 0. The predicted octanol–water partition coefficient (Wildman–Crippen LogP) is 4.03. The van der Waals surface area contributed by atoms with Gasteiger partial charge in [0.15, 0.2) is 0 Å². The smallest absolute Gasteiger partial charge is 0.0320 e. The van der Waals surface area contributed by atoms with Gasteiger partial charge in [0.1, 0.15) is 0 Å². The van der Waals surface area contributed by atoms with Crippen molar-refractivity contribution in [3.63, 3.8) is 0 Å². The Kier molecular flexibility index (Phi) is 8.05. The van der Waals surface area contributed by atoms with E-state index in [1.54, 1.807) is 0 Å². The lowest BCUT2D eigenvalue weighted by Crippen LogP contribution is -2.46. The molecule has 1 nitrogen and oxygen atoms in total. The van der Waals surface area contributed by atoms with Crippen LogP contribution in [0.5, 0.6) is 0 Å². The van der Waals surface area contributed by atoms with Gasteiger partial charge in [-0.3, -0.25) is 0 Å². The van der Waals surface area contributed by atoms with Crippen LogP contribution in [0.4, 0.5) is 0 Å². The zero-order chi connectivity index (χ0) is 12.7. The van der Waals surface area contributed by atoms with Gasteiger partial charge in [-0.05, 0) is 31.7 Å². The molecule has 1 aliphatic rings. The fraction of sp³-hybridized carbons (Fsp3) is 1.00. The van der Waals surface area contributed by atoms with Gasteiger partial charge >= 0.3 is 0 Å². The van der Waals surface area contributed by atoms with E-state index in [4.69, 9.17) is 0 Å². The van der Waals surface area contributed by atoms with Gasteiger partial charge in [0.05, 0.1) is 0 Å². The van der Waals surface area contributed by atoms with Crippen LogP contribution in [-0.2, 0) is 0 Å². The van der Waals surface area contributed by atoms with Gasteiger partial charge < -0.3 is 5.32 Å². The Morgan fingerprint density at radius 3 is 2.47 bits per heavy atom. The summed E-state index contributed by atoms with van der Waals surface area (Å²) >= 11 is 4.41. The van der Waals surface area contributed by atoms with Gasteiger partial charge in [-0.2, -0.15) is 23.5 Å². The van der Waals surface area contributed by atoms with E-state index in [1.807, 2.05) is 0 Å². The molecule has 102 valence electrons. The Morgan fingerprint density at radius 1 is 1.18 bits per heavy atom. The Balaban J connectivity index is 2.57. The first-order chi connectivity index (χ1) is 8.19. The maximum atomic E-state index is 3.80. The number of hydrogen-bond acceptors (Lipinski definition) is 3. The third kappa shape index (κ3) is 5.44. The van der Waals surface area contributed by atoms with Crippen LogP contribution < -0.4 is 5.32 Å². The monoisotopic (exact) mass is 275 g/mol. The molecule has 0 aromatic rings. The third-order valence-electron chi connectivity index (χ3n) is 3.27. The van der Waals surface area contributed by atoms with E-state index in [9.17, 15) is 0 Å². The molecule has 3 unspecified atom stereocenters. The van der Waals surface area contributed by atoms with Crippen molar-refractivity contribution in [1.29, 1.82) is 0 Å².